The van der Waals surface area contributed by atoms with E-state index in [1.54, 1.807) is 20.8 Å². The van der Waals surface area contributed by atoms with Gasteiger partial charge in [0.15, 0.2) is 5.41 Å². The molecular weight excluding hydrogens is 238 g/mol. The maximum Gasteiger partial charge on any atom is 0.322 e. The smallest absolute Gasteiger partial charge is 0.322 e. The largest absolute Gasteiger partial charge is 0.466 e. The van der Waals surface area contributed by atoms with Gasteiger partial charge in [-0.25, -0.2) is 0 Å². The monoisotopic (exact) mass is 257 g/mol. The van der Waals surface area contributed by atoms with Gasteiger partial charge in [-0.3, -0.25) is 14.4 Å². The van der Waals surface area contributed by atoms with Gasteiger partial charge in [0.2, 0.25) is 5.91 Å². The lowest BCUT2D eigenvalue weighted by Crippen LogP contribution is -2.39. The number of primary amides is 1. The highest BCUT2D eigenvalue weighted by Gasteiger charge is 2.67. The van der Waals surface area contributed by atoms with Crippen molar-refractivity contribution < 1.29 is 23.9 Å². The molecule has 1 saturated carbocycles. The average Bonchev–Trinajstić information content (AvgIpc) is 2.87. The van der Waals surface area contributed by atoms with Crippen molar-refractivity contribution in [2.75, 3.05) is 6.61 Å². The van der Waals surface area contributed by atoms with Gasteiger partial charge in [-0.1, -0.05) is 0 Å². The predicted molar refractivity (Wildman–Crippen MR) is 62.2 cm³/mol. The van der Waals surface area contributed by atoms with E-state index in [0.717, 1.165) is 0 Å². The zero-order chi connectivity index (χ0) is 14.1. The quantitative estimate of drug-likeness (QED) is 0.580. The first-order valence-corrected chi connectivity index (χ1v) is 5.76. The van der Waals surface area contributed by atoms with Crippen LogP contribution in [-0.4, -0.2) is 30.1 Å². The second-order valence-electron chi connectivity index (χ2n) is 5.54. The van der Waals surface area contributed by atoms with Gasteiger partial charge in [-0.05, 0) is 27.2 Å². The Kier molecular flexibility index (Phi) is 3.69. The molecule has 6 heteroatoms. The first kappa shape index (κ1) is 14.5. The summed E-state index contributed by atoms with van der Waals surface area (Å²) in [5.74, 6) is -2.20. The molecule has 1 fully saturated rings. The Morgan fingerprint density at radius 2 is 1.89 bits per heavy atom. The number of esters is 2. The Hall–Kier alpha value is -1.59. The minimum Gasteiger partial charge on any atom is -0.466 e. The fourth-order valence-electron chi connectivity index (χ4n) is 1.77. The maximum atomic E-state index is 12.0. The van der Waals surface area contributed by atoms with Gasteiger partial charge in [0.05, 0.1) is 6.61 Å². The van der Waals surface area contributed by atoms with Crippen molar-refractivity contribution in [1.29, 1.82) is 0 Å². The molecule has 0 heterocycles. The zero-order valence-corrected chi connectivity index (χ0v) is 11.1. The third kappa shape index (κ3) is 3.00. The summed E-state index contributed by atoms with van der Waals surface area (Å²) in [6.45, 7) is 6.41. The molecule has 0 saturated heterocycles. The summed E-state index contributed by atoms with van der Waals surface area (Å²) in [4.78, 5) is 34.1. The fraction of sp³-hybridized carbons (Fsp3) is 0.750. The summed E-state index contributed by atoms with van der Waals surface area (Å²) >= 11 is 0. The van der Waals surface area contributed by atoms with Crippen LogP contribution in [0.1, 0.15) is 34.1 Å². The second kappa shape index (κ2) is 4.59. The minimum absolute atomic E-state index is 0.0114. The summed E-state index contributed by atoms with van der Waals surface area (Å²) in [5.41, 5.74) is 3.25. The molecule has 1 aliphatic carbocycles. The number of rotatable bonds is 4. The first-order valence-electron chi connectivity index (χ1n) is 5.76. The Morgan fingerprint density at radius 3 is 2.28 bits per heavy atom. The van der Waals surface area contributed by atoms with E-state index in [0.29, 0.717) is 0 Å². The maximum absolute atomic E-state index is 12.0. The Morgan fingerprint density at radius 1 is 1.33 bits per heavy atom. The Balaban J connectivity index is 2.71. The molecule has 0 radical (unpaired) electrons. The molecule has 18 heavy (non-hydrogen) atoms. The third-order valence-corrected chi connectivity index (χ3v) is 2.80. The number of nitrogens with two attached hydrogens (primary N) is 1. The van der Waals surface area contributed by atoms with Crippen molar-refractivity contribution in [3.63, 3.8) is 0 Å². The van der Waals surface area contributed by atoms with Crippen LogP contribution in [0.4, 0.5) is 0 Å². The van der Waals surface area contributed by atoms with Gasteiger partial charge in [-0.2, -0.15) is 0 Å². The highest BCUT2D eigenvalue weighted by Crippen LogP contribution is 2.53. The van der Waals surface area contributed by atoms with Crippen LogP contribution in [0.15, 0.2) is 0 Å². The predicted octanol–water partition coefficient (Wildman–Crippen LogP) is 0.383. The molecule has 2 atom stereocenters. The van der Waals surface area contributed by atoms with Crippen molar-refractivity contribution in [3.8, 4) is 0 Å². The number of hydrogen-bond donors (Lipinski definition) is 1. The molecule has 0 aliphatic heterocycles. The van der Waals surface area contributed by atoms with Gasteiger partial charge in [0.25, 0.3) is 0 Å². The highest BCUT2D eigenvalue weighted by atomic mass is 16.6. The van der Waals surface area contributed by atoms with Gasteiger partial charge in [-0.15, -0.1) is 0 Å². The molecule has 1 aliphatic rings. The molecule has 0 aromatic heterocycles. The number of carbonyl (C=O) groups is 3. The summed E-state index contributed by atoms with van der Waals surface area (Å²) < 4.78 is 9.98. The number of hydrogen-bond acceptors (Lipinski definition) is 5. The standard InChI is InChI=1S/C12H19NO5/c1-7(14)17-6-8-5-12(8,9(13)15)10(16)18-11(2,3)4/h8H,5-6H2,1-4H3,(H2,13,15)/t8-,12+/m1/s1. The number of ether oxygens (including phenoxy) is 2. The number of carbonyl (C=O) groups excluding carboxylic acids is 3. The summed E-state index contributed by atoms with van der Waals surface area (Å²) in [7, 11) is 0. The highest BCUT2D eigenvalue weighted by molar-refractivity contribution is 6.05. The van der Waals surface area contributed by atoms with Crippen molar-refractivity contribution in [2.45, 2.75) is 39.7 Å². The van der Waals surface area contributed by atoms with Gasteiger partial charge < -0.3 is 15.2 Å². The first-order chi connectivity index (χ1) is 8.09. The van der Waals surface area contributed by atoms with Crippen molar-refractivity contribution in [2.24, 2.45) is 17.1 Å². The number of amides is 1. The summed E-state index contributed by atoms with van der Waals surface area (Å²) in [6, 6.07) is 0. The molecule has 102 valence electrons. The van der Waals surface area contributed by atoms with E-state index >= 15 is 0 Å². The van der Waals surface area contributed by atoms with Crippen LogP contribution < -0.4 is 5.73 Å². The normalized spacial score (nSPS) is 26.3. The molecular formula is C12H19NO5. The molecule has 6 nitrogen and oxygen atoms in total. The SMILES string of the molecule is CC(=O)OC[C@H]1C[C@]1(C(N)=O)C(=O)OC(C)(C)C. The molecule has 0 spiro atoms. The van der Waals surface area contributed by atoms with Gasteiger partial charge in [0, 0.05) is 12.8 Å². The minimum atomic E-state index is -1.33. The van der Waals surface area contributed by atoms with E-state index in [2.05, 4.69) is 0 Å². The molecule has 1 amide bonds. The van der Waals surface area contributed by atoms with Gasteiger partial charge in [0.1, 0.15) is 5.60 Å². The van der Waals surface area contributed by atoms with Crippen LogP contribution in [-0.2, 0) is 23.9 Å². The van der Waals surface area contributed by atoms with Crippen molar-refractivity contribution in [3.05, 3.63) is 0 Å². The lowest BCUT2D eigenvalue weighted by atomic mass is 10.0. The third-order valence-electron chi connectivity index (χ3n) is 2.80. The lowest BCUT2D eigenvalue weighted by Gasteiger charge is -2.23. The lowest BCUT2D eigenvalue weighted by molar-refractivity contribution is -0.165. The summed E-state index contributed by atoms with van der Waals surface area (Å²) in [6.07, 6.45) is 0.268. The van der Waals surface area contributed by atoms with Crippen LogP contribution in [0.3, 0.4) is 0 Å². The Bertz CT molecular complexity index is 384. The van der Waals surface area contributed by atoms with E-state index in [4.69, 9.17) is 15.2 Å². The van der Waals surface area contributed by atoms with E-state index in [1.807, 2.05) is 0 Å². The van der Waals surface area contributed by atoms with Crippen LogP contribution in [0.5, 0.6) is 0 Å². The fourth-order valence-corrected chi connectivity index (χ4v) is 1.77. The van der Waals surface area contributed by atoms with E-state index in [1.165, 1.54) is 6.92 Å². The average molecular weight is 257 g/mol. The molecule has 2 N–H and O–H groups in total. The van der Waals surface area contributed by atoms with Crippen LogP contribution in [0, 0.1) is 11.3 Å². The molecule has 0 aromatic rings. The summed E-state index contributed by atoms with van der Waals surface area (Å²) in [5, 5.41) is 0. The van der Waals surface area contributed by atoms with Crippen molar-refractivity contribution >= 4 is 17.8 Å². The van der Waals surface area contributed by atoms with E-state index < -0.39 is 28.9 Å². The second-order valence-corrected chi connectivity index (χ2v) is 5.54. The van der Waals surface area contributed by atoms with E-state index in [9.17, 15) is 14.4 Å². The topological polar surface area (TPSA) is 95.7 Å². The van der Waals surface area contributed by atoms with Crippen molar-refractivity contribution in [1.82, 2.24) is 0 Å². The molecule has 1 rings (SSSR count). The molecule has 0 unspecified atom stereocenters. The molecule has 0 aromatic carbocycles. The zero-order valence-electron chi connectivity index (χ0n) is 11.1. The molecule has 0 bridgehead atoms. The van der Waals surface area contributed by atoms with Gasteiger partial charge >= 0.3 is 11.9 Å². The Labute approximate surface area is 106 Å². The van der Waals surface area contributed by atoms with Crippen LogP contribution in [0.25, 0.3) is 0 Å². The van der Waals surface area contributed by atoms with E-state index in [-0.39, 0.29) is 18.9 Å². The van der Waals surface area contributed by atoms with Crippen LogP contribution >= 0.6 is 0 Å². The van der Waals surface area contributed by atoms with Crippen LogP contribution in [0.2, 0.25) is 0 Å².